The van der Waals surface area contributed by atoms with Gasteiger partial charge in [0.15, 0.2) is 17.9 Å². The molecule has 1 unspecified atom stereocenters. The van der Waals surface area contributed by atoms with Crippen molar-refractivity contribution in [1.29, 1.82) is 0 Å². The molecule has 1 rings (SSSR count). The van der Waals surface area contributed by atoms with Gasteiger partial charge in [0.05, 0.1) is 0 Å². The Morgan fingerprint density at radius 2 is 1.67 bits per heavy atom. The number of alkyl halides is 4. The van der Waals surface area contributed by atoms with E-state index in [9.17, 15) is 30.5 Å². The summed E-state index contributed by atoms with van der Waals surface area (Å²) in [5, 5.41) is 0. The fourth-order valence-corrected chi connectivity index (χ4v) is 1.17. The molecule has 104 valence electrons. The lowest BCUT2D eigenvalue weighted by Gasteiger charge is -2.13. The Hall–Kier alpha value is -1.22. The monoisotopic (exact) mass is 289 g/mol. The molecule has 0 spiro atoms. The lowest BCUT2D eigenvalue weighted by atomic mass is 10.3. The van der Waals surface area contributed by atoms with E-state index in [0.717, 1.165) is 0 Å². The molecule has 1 aromatic rings. The highest BCUT2D eigenvalue weighted by Gasteiger charge is 2.29. The van der Waals surface area contributed by atoms with Crippen molar-refractivity contribution in [2.75, 3.05) is 0 Å². The Morgan fingerprint density at radius 3 is 1.89 bits per heavy atom. The van der Waals surface area contributed by atoms with Crippen LogP contribution in [0.2, 0.25) is 0 Å². The van der Waals surface area contributed by atoms with Crippen molar-refractivity contribution in [2.24, 2.45) is 0 Å². The maximum absolute atomic E-state index is 12.0. The summed E-state index contributed by atoms with van der Waals surface area (Å²) in [5.41, 5.74) is -2.97. The molecule has 0 aliphatic rings. The summed E-state index contributed by atoms with van der Waals surface area (Å²) in [7, 11) is -5.24. The standard InChI is InChI=1S/C5H5N.C4H6F4O3S/c1-2-4-6-5-3-1;5-3(12(9,10)11)1-2-4(6,7)8/h1-5H;3H,1-2H2,(H,9,10,11). The molecule has 0 aromatic carbocycles. The van der Waals surface area contributed by atoms with Crippen LogP contribution in [0.3, 0.4) is 0 Å². The molecule has 4 nitrogen and oxygen atoms in total. The summed E-state index contributed by atoms with van der Waals surface area (Å²) < 4.78 is 75.3. The average Bonchev–Trinajstić information content (AvgIpc) is 2.27. The van der Waals surface area contributed by atoms with Gasteiger partial charge in [-0.2, -0.15) is 13.2 Å². The van der Waals surface area contributed by atoms with E-state index in [1.807, 2.05) is 30.6 Å². The topological polar surface area (TPSA) is 71.3 Å². The molecule has 1 N–H and O–H groups in total. The van der Waals surface area contributed by atoms with Crippen molar-refractivity contribution in [2.45, 2.75) is 24.5 Å². The van der Waals surface area contributed by atoms with Crippen molar-refractivity contribution in [3.8, 4) is 0 Å². The van der Waals surface area contributed by atoms with Gasteiger partial charge < -0.3 is 4.55 Å². The summed E-state index contributed by atoms with van der Waals surface area (Å²) in [6.07, 6.45) is -3.85. The molecule has 0 radical (unpaired) electrons. The van der Waals surface area contributed by atoms with Gasteiger partial charge in [-0.15, -0.1) is 0 Å². The number of rotatable bonds is 3. The SMILES string of the molecule is O=S(=O)([O-])C(F)CCC(F)(F)F.c1cc[nH+]cc1. The highest BCUT2D eigenvalue weighted by molar-refractivity contribution is 7.86. The Bertz CT molecular complexity index is 394. The Morgan fingerprint density at radius 1 is 1.17 bits per heavy atom. The van der Waals surface area contributed by atoms with Gasteiger partial charge in [-0.1, -0.05) is 6.07 Å². The molecular weight excluding hydrogens is 278 g/mol. The maximum atomic E-state index is 12.0. The maximum Gasteiger partial charge on any atom is 0.389 e. The van der Waals surface area contributed by atoms with Crippen molar-refractivity contribution < 1.29 is 35.5 Å². The third-order valence-electron chi connectivity index (χ3n) is 1.58. The molecule has 0 aliphatic carbocycles. The minimum Gasteiger partial charge on any atom is -0.746 e. The first kappa shape index (κ1) is 16.8. The predicted octanol–water partition coefficient (Wildman–Crippen LogP) is 1.67. The van der Waals surface area contributed by atoms with E-state index >= 15 is 0 Å². The van der Waals surface area contributed by atoms with Crippen LogP contribution < -0.4 is 4.98 Å². The lowest BCUT2D eigenvalue weighted by Crippen LogP contribution is -2.19. The van der Waals surface area contributed by atoms with Crippen LogP contribution in [-0.2, 0) is 10.1 Å². The van der Waals surface area contributed by atoms with Gasteiger partial charge in [0.25, 0.3) is 0 Å². The van der Waals surface area contributed by atoms with Gasteiger partial charge in [-0.3, -0.25) is 0 Å². The molecular formula is C9H11F4NO3S. The third-order valence-corrected chi connectivity index (χ3v) is 2.44. The Labute approximate surface area is 101 Å². The fourth-order valence-electron chi connectivity index (χ4n) is 0.763. The van der Waals surface area contributed by atoms with E-state index in [1.165, 1.54) is 0 Å². The van der Waals surface area contributed by atoms with Crippen molar-refractivity contribution in [3.05, 3.63) is 30.6 Å². The third kappa shape index (κ3) is 9.97. The van der Waals surface area contributed by atoms with E-state index in [-0.39, 0.29) is 0 Å². The van der Waals surface area contributed by atoms with E-state index < -0.39 is 34.6 Å². The lowest BCUT2D eigenvalue weighted by molar-refractivity contribution is -0.377. The highest BCUT2D eigenvalue weighted by atomic mass is 32.2. The molecule has 1 atom stereocenters. The molecule has 0 amide bonds. The number of aromatic nitrogens is 1. The Balaban J connectivity index is 0.000000397. The van der Waals surface area contributed by atoms with Crippen LogP contribution in [-0.4, -0.2) is 24.7 Å². The van der Waals surface area contributed by atoms with Gasteiger partial charge in [0.2, 0.25) is 0 Å². The van der Waals surface area contributed by atoms with Gasteiger partial charge in [-0.05, 0) is 0 Å². The number of halogens is 4. The van der Waals surface area contributed by atoms with Gasteiger partial charge in [0.1, 0.15) is 10.1 Å². The van der Waals surface area contributed by atoms with Crippen LogP contribution in [0.1, 0.15) is 12.8 Å². The minimum absolute atomic E-state index is 1.34. The van der Waals surface area contributed by atoms with E-state index in [2.05, 4.69) is 4.98 Å². The summed E-state index contributed by atoms with van der Waals surface area (Å²) >= 11 is 0. The number of hydrogen-bond donors (Lipinski definition) is 0. The highest BCUT2D eigenvalue weighted by Crippen LogP contribution is 2.24. The zero-order valence-corrected chi connectivity index (χ0v) is 9.84. The van der Waals surface area contributed by atoms with Crippen molar-refractivity contribution in [3.63, 3.8) is 0 Å². The summed E-state index contributed by atoms with van der Waals surface area (Å²) in [5.74, 6) is 0. The van der Waals surface area contributed by atoms with Crippen LogP contribution in [0.15, 0.2) is 30.6 Å². The number of hydrogen-bond acceptors (Lipinski definition) is 3. The van der Waals surface area contributed by atoms with Crippen molar-refractivity contribution >= 4 is 10.1 Å². The zero-order valence-electron chi connectivity index (χ0n) is 9.02. The van der Waals surface area contributed by atoms with Crippen LogP contribution in [0.25, 0.3) is 0 Å². The summed E-state index contributed by atoms with van der Waals surface area (Å²) in [6.45, 7) is 0. The predicted molar refractivity (Wildman–Crippen MR) is 52.9 cm³/mol. The summed E-state index contributed by atoms with van der Waals surface area (Å²) in [6, 6.07) is 5.86. The molecule has 1 heterocycles. The first-order valence-corrected chi connectivity index (χ1v) is 6.16. The largest absolute Gasteiger partial charge is 0.746 e. The molecule has 9 heteroatoms. The second kappa shape index (κ2) is 7.27. The zero-order chi connectivity index (χ0) is 14.2. The average molecular weight is 289 g/mol. The fraction of sp³-hybridized carbons (Fsp3) is 0.444. The molecule has 0 fully saturated rings. The van der Waals surface area contributed by atoms with E-state index in [4.69, 9.17) is 0 Å². The van der Waals surface area contributed by atoms with Crippen LogP contribution >= 0.6 is 0 Å². The second-order valence-corrected chi connectivity index (χ2v) is 4.63. The molecule has 0 saturated carbocycles. The van der Waals surface area contributed by atoms with Crippen LogP contribution in [0.5, 0.6) is 0 Å². The van der Waals surface area contributed by atoms with Gasteiger partial charge >= 0.3 is 6.18 Å². The van der Waals surface area contributed by atoms with Crippen LogP contribution in [0, 0.1) is 0 Å². The molecule has 0 saturated heterocycles. The van der Waals surface area contributed by atoms with E-state index in [1.54, 1.807) is 0 Å². The number of pyridine rings is 1. The first-order chi connectivity index (χ1) is 8.13. The summed E-state index contributed by atoms with van der Waals surface area (Å²) in [4.78, 5) is 2.89. The molecule has 0 bridgehead atoms. The molecule has 0 aliphatic heterocycles. The molecule has 1 aromatic heterocycles. The quantitative estimate of drug-likeness (QED) is 0.627. The normalized spacial score (nSPS) is 13.4. The van der Waals surface area contributed by atoms with Gasteiger partial charge in [-0.25, -0.2) is 17.8 Å². The second-order valence-electron chi connectivity index (χ2n) is 3.13. The number of nitrogens with one attached hydrogen (secondary N) is 1. The smallest absolute Gasteiger partial charge is 0.389 e. The van der Waals surface area contributed by atoms with Crippen molar-refractivity contribution in [1.82, 2.24) is 0 Å². The van der Waals surface area contributed by atoms with E-state index in [0.29, 0.717) is 0 Å². The minimum atomic E-state index is -5.24. The first-order valence-electron chi connectivity index (χ1n) is 4.69. The molecule has 18 heavy (non-hydrogen) atoms. The Kier molecular flexibility index (Phi) is 6.77. The van der Waals surface area contributed by atoms with Gasteiger partial charge in [0, 0.05) is 25.0 Å². The number of H-pyrrole nitrogens is 1. The van der Waals surface area contributed by atoms with Crippen LogP contribution in [0.4, 0.5) is 17.6 Å². The number of aromatic amines is 1.